The second-order valence-corrected chi connectivity index (χ2v) is 13.5. The maximum Gasteiger partial charge on any atom is 0.238 e. The van der Waals surface area contributed by atoms with Gasteiger partial charge in [-0.25, -0.2) is 25.5 Å². The van der Waals surface area contributed by atoms with E-state index in [1.807, 2.05) is 6.07 Å². The van der Waals surface area contributed by atoms with Gasteiger partial charge in [0.15, 0.2) is 0 Å². The predicted octanol–water partition coefficient (Wildman–Crippen LogP) is 2.45. The number of piperidine rings is 1. The molecule has 0 unspecified atom stereocenters. The monoisotopic (exact) mass is 569 g/mol. The Balaban J connectivity index is 1.77. The summed E-state index contributed by atoms with van der Waals surface area (Å²) in [7, 11) is -5.76. The molecule has 0 radical (unpaired) electrons. The number of hydrogen-bond donors (Lipinski definition) is 0. The van der Waals surface area contributed by atoms with Crippen LogP contribution in [0.15, 0.2) is 54.6 Å². The predicted molar refractivity (Wildman–Crippen MR) is 144 cm³/mol. The largest absolute Gasteiger partial charge is 0.383 e. The lowest BCUT2D eigenvalue weighted by Gasteiger charge is -2.39. The van der Waals surface area contributed by atoms with Gasteiger partial charge in [0.05, 0.1) is 24.7 Å². The third kappa shape index (κ3) is 8.31. The zero-order chi connectivity index (χ0) is 27.8. The fourth-order valence-electron chi connectivity index (χ4n) is 4.49. The van der Waals surface area contributed by atoms with Crippen LogP contribution in [-0.4, -0.2) is 87.9 Å². The number of ether oxygens (including phenoxy) is 1. The average Bonchev–Trinajstić information content (AvgIpc) is 2.90. The van der Waals surface area contributed by atoms with E-state index >= 15 is 0 Å². The fourth-order valence-corrected chi connectivity index (χ4v) is 7.08. The second-order valence-electron chi connectivity index (χ2n) is 9.25. The smallest absolute Gasteiger partial charge is 0.238 e. The molecular weight excluding hydrogens is 533 g/mol. The molecule has 9 nitrogen and oxygen atoms in total. The van der Waals surface area contributed by atoms with E-state index in [2.05, 4.69) is 0 Å². The number of amides is 1. The molecule has 1 aliphatic rings. The van der Waals surface area contributed by atoms with E-state index in [1.165, 1.54) is 30.5 Å². The molecule has 12 heteroatoms. The Morgan fingerprint density at radius 3 is 2.29 bits per heavy atom. The van der Waals surface area contributed by atoms with Gasteiger partial charge in [0.25, 0.3) is 0 Å². The molecule has 0 aromatic heterocycles. The zero-order valence-electron chi connectivity index (χ0n) is 21.8. The standard InChI is InChI=1S/C26H36FN3O6S2/c1-3-37(32,33)29(16-17-36-2)20-26(31)30(19-23-10-7-11-24(27)18-23)25-12-14-28(15-13-25)38(34,35)21-22-8-5-4-6-9-22/h4-11,18,25H,3,12-17,19-21H2,1-2H3. The van der Waals surface area contributed by atoms with Gasteiger partial charge < -0.3 is 9.64 Å². The number of sulfonamides is 2. The molecule has 0 N–H and O–H groups in total. The minimum atomic E-state index is -3.67. The molecular formula is C26H36FN3O6S2. The SMILES string of the molecule is CCS(=O)(=O)N(CCOC)CC(=O)N(Cc1cccc(F)c1)C1CCN(S(=O)(=O)Cc2ccccc2)CC1. The number of carbonyl (C=O) groups is 1. The maximum atomic E-state index is 13.9. The van der Waals surface area contributed by atoms with Crippen LogP contribution < -0.4 is 0 Å². The molecule has 210 valence electrons. The minimum absolute atomic E-state index is 0.0302. The van der Waals surface area contributed by atoms with Crippen molar-refractivity contribution in [2.75, 3.05) is 45.6 Å². The molecule has 2 aromatic rings. The Labute approximate surface area is 225 Å². The van der Waals surface area contributed by atoms with Crippen LogP contribution >= 0.6 is 0 Å². The Morgan fingerprint density at radius 2 is 1.68 bits per heavy atom. The number of benzene rings is 2. The van der Waals surface area contributed by atoms with Crippen molar-refractivity contribution in [1.29, 1.82) is 0 Å². The Kier molecular flexibility index (Phi) is 10.8. The van der Waals surface area contributed by atoms with Gasteiger partial charge in [0.2, 0.25) is 26.0 Å². The average molecular weight is 570 g/mol. The van der Waals surface area contributed by atoms with Gasteiger partial charge in [-0.05, 0) is 43.0 Å². The van der Waals surface area contributed by atoms with Crippen LogP contribution in [0.4, 0.5) is 4.39 Å². The molecule has 3 rings (SSSR count). The minimum Gasteiger partial charge on any atom is -0.383 e. The van der Waals surface area contributed by atoms with E-state index in [9.17, 15) is 26.0 Å². The van der Waals surface area contributed by atoms with Crippen molar-refractivity contribution >= 4 is 26.0 Å². The Hall–Kier alpha value is -2.38. The third-order valence-corrected chi connectivity index (χ3v) is 10.3. The lowest BCUT2D eigenvalue weighted by Crippen LogP contribution is -2.51. The highest BCUT2D eigenvalue weighted by atomic mass is 32.2. The molecule has 0 saturated carbocycles. The van der Waals surface area contributed by atoms with Crippen LogP contribution in [-0.2, 0) is 41.9 Å². The lowest BCUT2D eigenvalue weighted by molar-refractivity contribution is -0.135. The number of hydrogen-bond acceptors (Lipinski definition) is 6. The fraction of sp³-hybridized carbons (Fsp3) is 0.500. The molecule has 1 heterocycles. The second kappa shape index (κ2) is 13.6. The van der Waals surface area contributed by atoms with Crippen molar-refractivity contribution in [2.45, 2.75) is 38.1 Å². The normalized spacial score (nSPS) is 15.6. The summed E-state index contributed by atoms with van der Waals surface area (Å²) in [5.74, 6) is -1.13. The van der Waals surface area contributed by atoms with E-state index in [0.717, 1.165) is 4.31 Å². The van der Waals surface area contributed by atoms with E-state index in [1.54, 1.807) is 41.3 Å². The summed E-state index contributed by atoms with van der Waals surface area (Å²) in [4.78, 5) is 15.1. The van der Waals surface area contributed by atoms with Gasteiger partial charge >= 0.3 is 0 Å². The summed E-state index contributed by atoms with van der Waals surface area (Å²) in [6.45, 7) is 1.84. The van der Waals surface area contributed by atoms with Gasteiger partial charge in [-0.15, -0.1) is 0 Å². The highest BCUT2D eigenvalue weighted by Gasteiger charge is 2.34. The third-order valence-electron chi connectivity index (χ3n) is 6.63. The van der Waals surface area contributed by atoms with E-state index < -0.39 is 31.8 Å². The topological polar surface area (TPSA) is 104 Å². The van der Waals surface area contributed by atoms with Gasteiger partial charge in [0, 0.05) is 39.3 Å². The van der Waals surface area contributed by atoms with Crippen molar-refractivity contribution in [3.8, 4) is 0 Å². The summed E-state index contributed by atoms with van der Waals surface area (Å²) in [5, 5.41) is 0. The van der Waals surface area contributed by atoms with Crippen LogP contribution in [0.3, 0.4) is 0 Å². The number of methoxy groups -OCH3 is 1. The van der Waals surface area contributed by atoms with Crippen LogP contribution in [0.5, 0.6) is 0 Å². The first kappa shape index (κ1) is 30.2. The summed E-state index contributed by atoms with van der Waals surface area (Å²) < 4.78 is 72.7. The van der Waals surface area contributed by atoms with Crippen molar-refractivity contribution in [3.63, 3.8) is 0 Å². The lowest BCUT2D eigenvalue weighted by atomic mass is 10.0. The molecule has 38 heavy (non-hydrogen) atoms. The van der Waals surface area contributed by atoms with Gasteiger partial charge in [-0.2, -0.15) is 4.31 Å². The Morgan fingerprint density at radius 1 is 1.03 bits per heavy atom. The quantitative estimate of drug-likeness (QED) is 0.367. The summed E-state index contributed by atoms with van der Waals surface area (Å²) in [5.41, 5.74) is 1.27. The molecule has 1 fully saturated rings. The number of carbonyl (C=O) groups excluding carboxylic acids is 1. The Bertz CT molecular complexity index is 1270. The van der Waals surface area contributed by atoms with Crippen LogP contribution in [0, 0.1) is 5.82 Å². The molecule has 0 bridgehead atoms. The number of rotatable bonds is 13. The van der Waals surface area contributed by atoms with E-state index in [0.29, 0.717) is 24.0 Å². The van der Waals surface area contributed by atoms with E-state index in [-0.39, 0.29) is 56.9 Å². The van der Waals surface area contributed by atoms with Crippen LogP contribution in [0.1, 0.15) is 30.9 Å². The van der Waals surface area contributed by atoms with Gasteiger partial charge in [0.1, 0.15) is 5.82 Å². The van der Waals surface area contributed by atoms with E-state index in [4.69, 9.17) is 4.74 Å². The van der Waals surface area contributed by atoms with Crippen molar-refractivity contribution in [3.05, 3.63) is 71.5 Å². The first-order valence-corrected chi connectivity index (χ1v) is 15.8. The van der Waals surface area contributed by atoms with Crippen LogP contribution in [0.25, 0.3) is 0 Å². The molecule has 1 aliphatic heterocycles. The zero-order valence-corrected chi connectivity index (χ0v) is 23.5. The summed E-state index contributed by atoms with van der Waals surface area (Å²) in [6, 6.07) is 14.5. The van der Waals surface area contributed by atoms with Crippen molar-refractivity contribution in [2.24, 2.45) is 0 Å². The van der Waals surface area contributed by atoms with Crippen molar-refractivity contribution in [1.82, 2.24) is 13.5 Å². The van der Waals surface area contributed by atoms with Gasteiger partial charge in [-0.1, -0.05) is 42.5 Å². The molecule has 1 amide bonds. The molecule has 2 aromatic carbocycles. The van der Waals surface area contributed by atoms with Crippen LogP contribution in [0.2, 0.25) is 0 Å². The summed E-state index contributed by atoms with van der Waals surface area (Å²) in [6.07, 6.45) is 0.765. The highest BCUT2D eigenvalue weighted by molar-refractivity contribution is 7.89. The summed E-state index contributed by atoms with van der Waals surface area (Å²) >= 11 is 0. The van der Waals surface area contributed by atoms with Crippen molar-refractivity contribution < 1.29 is 30.8 Å². The number of nitrogens with zero attached hydrogens (tertiary/aromatic N) is 3. The van der Waals surface area contributed by atoms with Gasteiger partial charge in [-0.3, -0.25) is 4.79 Å². The molecule has 1 saturated heterocycles. The molecule has 0 aliphatic carbocycles. The molecule has 0 atom stereocenters. The maximum absolute atomic E-state index is 13.9. The first-order chi connectivity index (χ1) is 18.1. The molecule has 0 spiro atoms. The first-order valence-electron chi connectivity index (χ1n) is 12.6. The highest BCUT2D eigenvalue weighted by Crippen LogP contribution is 2.23. The number of halogens is 1.